The zero-order valence-corrected chi connectivity index (χ0v) is 17.6. The number of benzene rings is 2. The Labute approximate surface area is 184 Å². The Kier molecular flexibility index (Phi) is 5.53. The molecular formula is C23H25N5O4. The molecule has 0 unspecified atom stereocenters. The number of hydrogen-bond acceptors (Lipinski definition) is 5. The van der Waals surface area contributed by atoms with Crippen molar-refractivity contribution in [3.8, 4) is 11.5 Å². The highest BCUT2D eigenvalue weighted by atomic mass is 16.6. The molecule has 2 aliphatic rings. The van der Waals surface area contributed by atoms with Crippen molar-refractivity contribution in [3.63, 3.8) is 0 Å². The number of ether oxygens (including phenoxy) is 2. The van der Waals surface area contributed by atoms with Crippen LogP contribution in [0, 0.1) is 0 Å². The lowest BCUT2D eigenvalue weighted by molar-refractivity contribution is -0.115. The molecule has 3 amide bonds. The van der Waals surface area contributed by atoms with Crippen LogP contribution in [0.1, 0.15) is 31.2 Å². The molecule has 1 fully saturated rings. The summed E-state index contributed by atoms with van der Waals surface area (Å²) < 4.78 is 11.1. The molecule has 0 atom stereocenters. The van der Waals surface area contributed by atoms with Gasteiger partial charge in [0.2, 0.25) is 5.91 Å². The lowest BCUT2D eigenvalue weighted by Crippen LogP contribution is -2.36. The van der Waals surface area contributed by atoms with Gasteiger partial charge in [0.25, 0.3) is 0 Å². The molecular weight excluding hydrogens is 410 g/mol. The van der Waals surface area contributed by atoms with Gasteiger partial charge in [-0.15, -0.1) is 0 Å². The van der Waals surface area contributed by atoms with Gasteiger partial charge in [-0.1, -0.05) is 18.9 Å². The SMILES string of the molecule is O=C(Cc1ccc2c(c1)OCCO2)Nc1n[nH]c2ccc(NC(=O)NC3CCCC3)cc12. The number of anilines is 2. The van der Waals surface area contributed by atoms with Crippen LogP contribution in [0.2, 0.25) is 0 Å². The van der Waals surface area contributed by atoms with E-state index in [1.807, 2.05) is 24.3 Å². The molecule has 0 spiro atoms. The van der Waals surface area contributed by atoms with Gasteiger partial charge in [-0.2, -0.15) is 5.10 Å². The van der Waals surface area contributed by atoms with Crippen LogP contribution in [-0.2, 0) is 11.2 Å². The number of aromatic nitrogens is 2. The van der Waals surface area contributed by atoms with E-state index in [2.05, 4.69) is 26.1 Å². The third-order valence-corrected chi connectivity index (χ3v) is 5.74. The highest BCUT2D eigenvalue weighted by Gasteiger charge is 2.18. The number of fused-ring (bicyclic) bond motifs is 2. The summed E-state index contributed by atoms with van der Waals surface area (Å²) >= 11 is 0. The number of aromatic amines is 1. The summed E-state index contributed by atoms with van der Waals surface area (Å²) in [5, 5.41) is 16.6. The van der Waals surface area contributed by atoms with Crippen LogP contribution in [0.15, 0.2) is 36.4 Å². The summed E-state index contributed by atoms with van der Waals surface area (Å²) in [6, 6.07) is 10.9. The first kappa shape index (κ1) is 20.2. The molecule has 0 radical (unpaired) electrons. The van der Waals surface area contributed by atoms with Crippen molar-refractivity contribution >= 4 is 34.3 Å². The molecule has 0 saturated heterocycles. The first-order valence-electron chi connectivity index (χ1n) is 10.9. The number of nitrogens with one attached hydrogen (secondary N) is 4. The Bertz CT molecular complexity index is 1150. The normalized spacial score (nSPS) is 15.5. The molecule has 166 valence electrons. The van der Waals surface area contributed by atoms with Crippen molar-refractivity contribution in [2.45, 2.75) is 38.1 Å². The molecule has 1 saturated carbocycles. The van der Waals surface area contributed by atoms with Crippen LogP contribution in [-0.4, -0.2) is 41.4 Å². The van der Waals surface area contributed by atoms with Crippen molar-refractivity contribution in [2.24, 2.45) is 0 Å². The zero-order valence-electron chi connectivity index (χ0n) is 17.6. The number of amides is 3. The fourth-order valence-electron chi connectivity index (χ4n) is 4.17. The fourth-order valence-corrected chi connectivity index (χ4v) is 4.17. The highest BCUT2D eigenvalue weighted by molar-refractivity contribution is 6.02. The van der Waals surface area contributed by atoms with Crippen LogP contribution in [0.25, 0.3) is 10.9 Å². The minimum absolute atomic E-state index is 0.173. The van der Waals surface area contributed by atoms with Crippen LogP contribution in [0.3, 0.4) is 0 Å². The fraction of sp³-hybridized carbons (Fsp3) is 0.348. The predicted molar refractivity (Wildman–Crippen MR) is 120 cm³/mol. The minimum atomic E-state index is -0.219. The van der Waals surface area contributed by atoms with Crippen molar-refractivity contribution < 1.29 is 19.1 Å². The van der Waals surface area contributed by atoms with Gasteiger partial charge in [-0.3, -0.25) is 9.89 Å². The summed E-state index contributed by atoms with van der Waals surface area (Å²) in [5.74, 6) is 1.56. The number of nitrogens with zero attached hydrogens (tertiary/aromatic N) is 1. The lowest BCUT2D eigenvalue weighted by Gasteiger charge is -2.18. The standard InChI is InChI=1S/C23H25N5O4/c29-21(12-14-5-8-19-20(11-14)32-10-9-31-19)26-22-17-13-16(6-7-18(17)27-28-22)25-23(30)24-15-3-1-2-4-15/h5-8,11,13,15H,1-4,9-10,12H2,(H2,24,25,30)(H2,26,27,28,29). The van der Waals surface area contributed by atoms with Crippen LogP contribution in [0.4, 0.5) is 16.3 Å². The first-order valence-corrected chi connectivity index (χ1v) is 10.9. The molecule has 1 aromatic heterocycles. The maximum atomic E-state index is 12.6. The summed E-state index contributed by atoms with van der Waals surface area (Å²) in [6.07, 6.45) is 4.52. The van der Waals surface area contributed by atoms with Crippen LogP contribution >= 0.6 is 0 Å². The molecule has 4 N–H and O–H groups in total. The second-order valence-corrected chi connectivity index (χ2v) is 8.12. The molecule has 2 aromatic carbocycles. The molecule has 1 aliphatic heterocycles. The predicted octanol–water partition coefficient (Wildman–Crippen LogP) is 3.58. The number of H-pyrrole nitrogens is 1. The highest BCUT2D eigenvalue weighted by Crippen LogP contribution is 2.31. The summed E-state index contributed by atoms with van der Waals surface area (Å²) in [5.41, 5.74) is 2.22. The van der Waals surface area contributed by atoms with Gasteiger partial charge in [0.05, 0.1) is 11.9 Å². The van der Waals surface area contributed by atoms with Crippen molar-refractivity contribution in [3.05, 3.63) is 42.0 Å². The second kappa shape index (κ2) is 8.78. The van der Waals surface area contributed by atoms with E-state index in [9.17, 15) is 9.59 Å². The van der Waals surface area contributed by atoms with Gasteiger partial charge in [0.15, 0.2) is 17.3 Å². The van der Waals surface area contributed by atoms with E-state index in [1.54, 1.807) is 12.1 Å². The van der Waals surface area contributed by atoms with Gasteiger partial charge in [-0.05, 0) is 48.7 Å². The molecule has 0 bridgehead atoms. The number of urea groups is 1. The molecule has 1 aliphatic carbocycles. The van der Waals surface area contributed by atoms with E-state index in [4.69, 9.17) is 9.47 Å². The van der Waals surface area contributed by atoms with Gasteiger partial charge in [-0.25, -0.2) is 4.79 Å². The summed E-state index contributed by atoms with van der Waals surface area (Å²) in [7, 11) is 0. The number of carbonyl (C=O) groups is 2. The first-order chi connectivity index (χ1) is 15.6. The van der Waals surface area contributed by atoms with Crippen molar-refractivity contribution in [1.82, 2.24) is 15.5 Å². The molecule has 9 heteroatoms. The number of hydrogen-bond donors (Lipinski definition) is 4. The summed E-state index contributed by atoms with van der Waals surface area (Å²) in [4.78, 5) is 24.9. The van der Waals surface area contributed by atoms with E-state index >= 15 is 0 Å². The third kappa shape index (κ3) is 4.46. The molecule has 2 heterocycles. The van der Waals surface area contributed by atoms with E-state index in [0.29, 0.717) is 36.2 Å². The maximum absolute atomic E-state index is 12.6. The molecule has 5 rings (SSSR count). The average Bonchev–Trinajstić information content (AvgIpc) is 3.43. The molecule has 32 heavy (non-hydrogen) atoms. The average molecular weight is 435 g/mol. The lowest BCUT2D eigenvalue weighted by atomic mass is 10.1. The third-order valence-electron chi connectivity index (χ3n) is 5.74. The van der Waals surface area contributed by atoms with E-state index in [1.165, 1.54) is 0 Å². The number of carbonyl (C=O) groups excluding carboxylic acids is 2. The maximum Gasteiger partial charge on any atom is 0.319 e. The topological polar surface area (TPSA) is 117 Å². The van der Waals surface area contributed by atoms with E-state index in [0.717, 1.165) is 42.1 Å². The molecule has 3 aromatic rings. The van der Waals surface area contributed by atoms with Gasteiger partial charge >= 0.3 is 6.03 Å². The summed E-state index contributed by atoms with van der Waals surface area (Å²) in [6.45, 7) is 1.02. The monoisotopic (exact) mass is 435 g/mol. The Morgan fingerprint density at radius 3 is 2.66 bits per heavy atom. The number of rotatable bonds is 5. The Balaban J connectivity index is 1.25. The Hall–Kier alpha value is -3.75. The van der Waals surface area contributed by atoms with Gasteiger partial charge in [0, 0.05) is 17.1 Å². The van der Waals surface area contributed by atoms with Crippen LogP contribution in [0.5, 0.6) is 11.5 Å². The van der Waals surface area contributed by atoms with Gasteiger partial charge < -0.3 is 25.4 Å². The van der Waals surface area contributed by atoms with Gasteiger partial charge in [0.1, 0.15) is 13.2 Å². The Morgan fingerprint density at radius 1 is 1.00 bits per heavy atom. The second-order valence-electron chi connectivity index (χ2n) is 8.12. The zero-order chi connectivity index (χ0) is 21.9. The molecule has 9 nitrogen and oxygen atoms in total. The Morgan fingerprint density at radius 2 is 1.81 bits per heavy atom. The quantitative estimate of drug-likeness (QED) is 0.489. The van der Waals surface area contributed by atoms with E-state index < -0.39 is 0 Å². The van der Waals surface area contributed by atoms with Crippen LogP contribution < -0.4 is 25.4 Å². The largest absolute Gasteiger partial charge is 0.486 e. The van der Waals surface area contributed by atoms with E-state index in [-0.39, 0.29) is 24.4 Å². The minimum Gasteiger partial charge on any atom is -0.486 e. The van der Waals surface area contributed by atoms with Crippen molar-refractivity contribution in [1.29, 1.82) is 0 Å². The smallest absolute Gasteiger partial charge is 0.319 e. The van der Waals surface area contributed by atoms with Crippen molar-refractivity contribution in [2.75, 3.05) is 23.8 Å².